The molecule has 1 saturated heterocycles. The molecule has 1 aliphatic carbocycles. The van der Waals surface area contributed by atoms with E-state index in [1.54, 1.807) is 54.5 Å². The number of aliphatic hydroxyl groups is 1. The molecule has 2 aromatic rings. The third kappa shape index (κ3) is 5.40. The highest BCUT2D eigenvalue weighted by molar-refractivity contribution is 6.30. The van der Waals surface area contributed by atoms with Gasteiger partial charge in [0, 0.05) is 34.6 Å². The Hall–Kier alpha value is -4.66. The molecule has 5 rings (SSSR count). The molecule has 0 spiro atoms. The van der Waals surface area contributed by atoms with Crippen molar-refractivity contribution in [3.63, 3.8) is 0 Å². The zero-order valence-electron chi connectivity index (χ0n) is 21.7. The largest absolute Gasteiger partial charge is 0.478 e. The van der Waals surface area contributed by atoms with E-state index in [9.17, 15) is 19.8 Å². The van der Waals surface area contributed by atoms with Crippen molar-refractivity contribution >= 4 is 29.1 Å². The second-order valence-electron chi connectivity index (χ2n) is 9.39. The van der Waals surface area contributed by atoms with Crippen LogP contribution in [0.1, 0.15) is 25.3 Å². The van der Waals surface area contributed by atoms with E-state index >= 15 is 0 Å². The maximum Gasteiger partial charge on any atom is 0.330 e. The summed E-state index contributed by atoms with van der Waals surface area (Å²) in [6.45, 7) is 1.51. The summed E-state index contributed by atoms with van der Waals surface area (Å²) in [5.41, 5.74) is 4.26. The van der Waals surface area contributed by atoms with E-state index in [4.69, 9.17) is 11.6 Å². The molecule has 0 bridgehead atoms. The van der Waals surface area contributed by atoms with Gasteiger partial charge in [0.25, 0.3) is 0 Å². The normalized spacial score (nSPS) is 22.1. The molecule has 1 amide bonds. The summed E-state index contributed by atoms with van der Waals surface area (Å²) in [6, 6.07) is 4.72. The molecule has 0 radical (unpaired) electrons. The molecule has 2 aliphatic heterocycles. The molecule has 1 fully saturated rings. The Morgan fingerprint density at radius 3 is 2.83 bits per heavy atom. The van der Waals surface area contributed by atoms with Crippen LogP contribution in [0.3, 0.4) is 0 Å². The number of allylic oxidation sites excluding steroid dienone is 7. The molecule has 1 aromatic heterocycles. The van der Waals surface area contributed by atoms with Gasteiger partial charge in [-0.15, -0.1) is 5.10 Å². The molecule has 0 saturated carbocycles. The fourth-order valence-electron chi connectivity index (χ4n) is 4.89. The van der Waals surface area contributed by atoms with Crippen molar-refractivity contribution in [2.24, 2.45) is 5.92 Å². The molecule has 3 unspecified atom stereocenters. The number of carboxylic acids is 1. The fourth-order valence-corrected chi connectivity index (χ4v) is 5.06. The summed E-state index contributed by atoms with van der Waals surface area (Å²) in [6.07, 6.45) is 10.1. The number of carbonyl (C=O) groups is 2. The van der Waals surface area contributed by atoms with Crippen molar-refractivity contribution in [3.05, 3.63) is 88.2 Å². The molecular formula is C28H26ClN7O4. The van der Waals surface area contributed by atoms with E-state index in [1.807, 2.05) is 6.08 Å². The van der Waals surface area contributed by atoms with Crippen LogP contribution < -0.4 is 10.6 Å². The van der Waals surface area contributed by atoms with Gasteiger partial charge >= 0.3 is 5.97 Å². The first kappa shape index (κ1) is 26.9. The SMILES string of the molecule is CNC1=CC=C(NC(=O)C2CCC3=CC(c4cc(Cl)ccc4-n4cnnn4)=CC(O)N32)C#CC1/C=C(\C)C(=O)O. The van der Waals surface area contributed by atoms with Crippen LogP contribution >= 0.6 is 11.6 Å². The number of benzene rings is 1. The van der Waals surface area contributed by atoms with E-state index in [-0.39, 0.29) is 11.5 Å². The van der Waals surface area contributed by atoms with Gasteiger partial charge in [0.15, 0.2) is 0 Å². The van der Waals surface area contributed by atoms with Crippen molar-refractivity contribution in [2.75, 3.05) is 7.05 Å². The number of fused-ring (bicyclic) bond motifs is 1. The topological polar surface area (TPSA) is 146 Å². The third-order valence-corrected chi connectivity index (χ3v) is 7.11. The number of carboxylic acid groups (broad SMARTS) is 1. The zero-order chi connectivity index (χ0) is 28.4. The number of aliphatic carboxylic acids is 1. The van der Waals surface area contributed by atoms with Gasteiger partial charge in [0.05, 0.1) is 17.3 Å². The Labute approximate surface area is 235 Å². The average molecular weight is 560 g/mol. The Balaban J connectivity index is 1.35. The van der Waals surface area contributed by atoms with E-state index in [2.05, 4.69) is 38.0 Å². The first-order valence-electron chi connectivity index (χ1n) is 12.5. The number of halogens is 1. The Morgan fingerprint density at radius 1 is 1.27 bits per heavy atom. The number of nitrogens with one attached hydrogen (secondary N) is 2. The summed E-state index contributed by atoms with van der Waals surface area (Å²) >= 11 is 6.29. The zero-order valence-corrected chi connectivity index (χ0v) is 22.4. The van der Waals surface area contributed by atoms with Crippen LogP contribution in [0.15, 0.2) is 77.6 Å². The van der Waals surface area contributed by atoms with Gasteiger partial charge in [0.2, 0.25) is 5.91 Å². The minimum absolute atomic E-state index is 0.174. The summed E-state index contributed by atoms with van der Waals surface area (Å²) in [5, 5.41) is 38.2. The predicted molar refractivity (Wildman–Crippen MR) is 147 cm³/mol. The maximum absolute atomic E-state index is 13.3. The van der Waals surface area contributed by atoms with E-state index in [0.29, 0.717) is 34.9 Å². The second kappa shape index (κ2) is 11.2. The Bertz CT molecular complexity index is 1580. The molecule has 4 N–H and O–H groups in total. The van der Waals surface area contributed by atoms with Gasteiger partial charge in [-0.1, -0.05) is 23.6 Å². The number of amides is 1. The highest BCUT2D eigenvalue weighted by Gasteiger charge is 2.39. The molecule has 3 aliphatic rings. The van der Waals surface area contributed by atoms with Crippen LogP contribution in [0.2, 0.25) is 5.02 Å². The van der Waals surface area contributed by atoms with Crippen LogP contribution in [-0.2, 0) is 9.59 Å². The maximum atomic E-state index is 13.3. The molecule has 204 valence electrons. The number of tetrazole rings is 1. The summed E-state index contributed by atoms with van der Waals surface area (Å²) in [7, 11) is 1.73. The van der Waals surface area contributed by atoms with Crippen LogP contribution in [0.25, 0.3) is 11.3 Å². The number of aromatic nitrogens is 4. The third-order valence-electron chi connectivity index (χ3n) is 6.87. The number of aliphatic hydroxyl groups excluding tert-OH is 1. The highest BCUT2D eigenvalue weighted by Crippen LogP contribution is 2.38. The number of rotatable bonds is 7. The number of nitrogens with zero attached hydrogens (tertiary/aromatic N) is 5. The van der Waals surface area contributed by atoms with Gasteiger partial charge in [-0.25, -0.2) is 4.79 Å². The Kier molecular flexibility index (Phi) is 7.55. The molecule has 11 nitrogen and oxygen atoms in total. The lowest BCUT2D eigenvalue weighted by Crippen LogP contribution is -2.47. The quantitative estimate of drug-likeness (QED) is 0.296. The molecule has 1 aromatic carbocycles. The lowest BCUT2D eigenvalue weighted by molar-refractivity contribution is -0.132. The lowest BCUT2D eigenvalue weighted by Gasteiger charge is -2.33. The van der Waals surface area contributed by atoms with E-state index in [1.165, 1.54) is 17.9 Å². The number of carbonyl (C=O) groups excluding carboxylic acids is 1. The monoisotopic (exact) mass is 559 g/mol. The Morgan fingerprint density at radius 2 is 2.10 bits per heavy atom. The minimum atomic E-state index is -1.05. The van der Waals surface area contributed by atoms with Crippen molar-refractivity contribution in [1.29, 1.82) is 0 Å². The first-order chi connectivity index (χ1) is 19.2. The van der Waals surface area contributed by atoms with Gasteiger partial charge in [-0.2, -0.15) is 4.68 Å². The summed E-state index contributed by atoms with van der Waals surface area (Å²) in [4.78, 5) is 26.3. The van der Waals surface area contributed by atoms with E-state index in [0.717, 1.165) is 16.8 Å². The highest BCUT2D eigenvalue weighted by atomic mass is 35.5. The van der Waals surface area contributed by atoms with Crippen LogP contribution in [0.4, 0.5) is 0 Å². The van der Waals surface area contributed by atoms with Gasteiger partial charge in [-0.3, -0.25) is 4.79 Å². The predicted octanol–water partition coefficient (Wildman–Crippen LogP) is 2.15. The number of hydrogen-bond acceptors (Lipinski definition) is 8. The van der Waals surface area contributed by atoms with Crippen molar-refractivity contribution in [1.82, 2.24) is 35.7 Å². The average Bonchev–Trinajstić information content (AvgIpc) is 3.58. The smallest absolute Gasteiger partial charge is 0.330 e. The fraction of sp³-hybridized carbons (Fsp3) is 0.250. The van der Waals surface area contributed by atoms with Crippen LogP contribution in [0, 0.1) is 17.8 Å². The van der Waals surface area contributed by atoms with E-state index < -0.39 is 24.2 Å². The van der Waals surface area contributed by atoms with Crippen molar-refractivity contribution in [3.8, 4) is 17.5 Å². The van der Waals surface area contributed by atoms with Gasteiger partial charge in [-0.05, 0) is 84.2 Å². The van der Waals surface area contributed by atoms with Crippen molar-refractivity contribution in [2.45, 2.75) is 32.0 Å². The van der Waals surface area contributed by atoms with Crippen LogP contribution in [0.5, 0.6) is 0 Å². The van der Waals surface area contributed by atoms with Gasteiger partial charge < -0.3 is 25.7 Å². The lowest BCUT2D eigenvalue weighted by atomic mass is 9.99. The molecule has 40 heavy (non-hydrogen) atoms. The second-order valence-corrected chi connectivity index (χ2v) is 9.83. The molecule has 3 heterocycles. The molecular weight excluding hydrogens is 534 g/mol. The standard InChI is InChI=1S/C28H26ClN7O4/c1-16(28(39)40)11-17-3-5-20(6-8-23(17)30-2)32-27(38)25-10-7-21-12-18(13-26(37)36(21)25)22-14-19(29)4-9-24(22)35-15-31-33-34-35/h4,6,8-9,11-15,17,25-26,30,37H,7,10H2,1-2H3,(H,32,38)(H,39,40)/b16-11+. The van der Waals surface area contributed by atoms with Gasteiger partial charge in [0.1, 0.15) is 18.6 Å². The summed E-state index contributed by atoms with van der Waals surface area (Å²) < 4.78 is 1.52. The van der Waals surface area contributed by atoms with Crippen molar-refractivity contribution < 1.29 is 19.8 Å². The molecule has 3 atom stereocenters. The number of hydrogen-bond donors (Lipinski definition) is 4. The summed E-state index contributed by atoms with van der Waals surface area (Å²) in [5.74, 6) is 4.17. The minimum Gasteiger partial charge on any atom is -0.478 e. The molecule has 12 heteroatoms. The van der Waals surface area contributed by atoms with Crippen LogP contribution in [-0.4, -0.2) is 66.5 Å². The first-order valence-corrected chi connectivity index (χ1v) is 12.9.